The summed E-state index contributed by atoms with van der Waals surface area (Å²) >= 11 is 0. The summed E-state index contributed by atoms with van der Waals surface area (Å²) in [5.74, 6) is -0.229. The first-order valence-corrected chi connectivity index (χ1v) is 4.55. The lowest BCUT2D eigenvalue weighted by Crippen LogP contribution is -2.33. The van der Waals surface area contributed by atoms with E-state index in [9.17, 15) is 4.79 Å². The Morgan fingerprint density at radius 3 is 3.00 bits per heavy atom. The van der Waals surface area contributed by atoms with Gasteiger partial charge in [-0.1, -0.05) is 0 Å². The highest BCUT2D eigenvalue weighted by Gasteiger charge is 2.28. The number of carbonyl (C=O) groups excluding carboxylic acids is 1. The molecule has 4 nitrogen and oxygen atoms in total. The molecule has 0 bridgehead atoms. The first kappa shape index (κ1) is 10.0. The molecule has 2 unspecified atom stereocenters. The van der Waals surface area contributed by atoms with Crippen molar-refractivity contribution in [2.24, 2.45) is 11.7 Å². The van der Waals surface area contributed by atoms with Gasteiger partial charge >= 0.3 is 0 Å². The molecule has 72 valence electrons. The Morgan fingerprint density at radius 1 is 1.85 bits per heavy atom. The molecule has 1 amide bonds. The summed E-state index contributed by atoms with van der Waals surface area (Å²) in [6.45, 7) is 3.61. The number of nitrogens with two attached hydrogens (primary N) is 1. The van der Waals surface area contributed by atoms with Gasteiger partial charge in [-0.2, -0.15) is 5.26 Å². The van der Waals surface area contributed by atoms with Crippen LogP contribution in [0, 0.1) is 17.2 Å². The van der Waals surface area contributed by atoms with Gasteiger partial charge in [0.15, 0.2) is 0 Å². The topological polar surface area (TPSA) is 70.1 Å². The van der Waals surface area contributed by atoms with Crippen molar-refractivity contribution in [2.75, 3.05) is 13.1 Å². The van der Waals surface area contributed by atoms with E-state index in [1.807, 2.05) is 6.92 Å². The predicted octanol–water partition coefficient (Wildman–Crippen LogP) is 0.0958. The number of hydrogen-bond acceptors (Lipinski definition) is 3. The maximum Gasteiger partial charge on any atom is 0.221 e. The van der Waals surface area contributed by atoms with Gasteiger partial charge in [0.25, 0.3) is 0 Å². The Balaban J connectivity index is 2.41. The molecule has 4 heteroatoms. The molecule has 1 aliphatic heterocycles. The van der Waals surface area contributed by atoms with Crippen LogP contribution in [-0.4, -0.2) is 29.9 Å². The molecule has 2 atom stereocenters. The molecule has 1 heterocycles. The van der Waals surface area contributed by atoms with Gasteiger partial charge in [-0.05, 0) is 19.9 Å². The minimum Gasteiger partial charge on any atom is -0.369 e. The number of likely N-dealkylation sites (tertiary alicyclic amines) is 1. The average molecular weight is 181 g/mol. The Bertz CT molecular complexity index is 234. The third kappa shape index (κ3) is 2.43. The van der Waals surface area contributed by atoms with Crippen LogP contribution in [0.1, 0.15) is 19.8 Å². The Hall–Kier alpha value is -1.08. The lowest BCUT2D eigenvalue weighted by atomic mass is 10.1. The van der Waals surface area contributed by atoms with E-state index >= 15 is 0 Å². The predicted molar refractivity (Wildman–Crippen MR) is 48.6 cm³/mol. The standard InChI is InChI=1S/C9H15N3O/c1-7(2-4-10)12-5-3-8(6-12)9(11)13/h7-8H,2-3,5-6H2,1H3,(H2,11,13). The summed E-state index contributed by atoms with van der Waals surface area (Å²) < 4.78 is 0. The van der Waals surface area contributed by atoms with Gasteiger partial charge in [0, 0.05) is 12.6 Å². The Morgan fingerprint density at radius 2 is 2.54 bits per heavy atom. The Kier molecular flexibility index (Phi) is 3.26. The first-order valence-electron chi connectivity index (χ1n) is 4.55. The van der Waals surface area contributed by atoms with Crippen LogP contribution >= 0.6 is 0 Å². The summed E-state index contributed by atoms with van der Waals surface area (Å²) in [5.41, 5.74) is 5.20. The van der Waals surface area contributed by atoms with E-state index in [1.165, 1.54) is 0 Å². The van der Waals surface area contributed by atoms with Crippen LogP contribution in [-0.2, 0) is 4.79 Å². The Labute approximate surface area is 78.3 Å². The van der Waals surface area contributed by atoms with Crippen molar-refractivity contribution in [3.63, 3.8) is 0 Å². The zero-order valence-electron chi connectivity index (χ0n) is 7.86. The monoisotopic (exact) mass is 181 g/mol. The second-order valence-electron chi connectivity index (χ2n) is 3.59. The van der Waals surface area contributed by atoms with E-state index in [-0.39, 0.29) is 17.9 Å². The SMILES string of the molecule is CC(CC#N)N1CCC(C(N)=O)C1. The maximum atomic E-state index is 10.9. The van der Waals surface area contributed by atoms with Crippen LogP contribution in [0.2, 0.25) is 0 Å². The van der Waals surface area contributed by atoms with Crippen LogP contribution in [0.4, 0.5) is 0 Å². The van der Waals surface area contributed by atoms with Gasteiger partial charge in [-0.25, -0.2) is 0 Å². The number of nitrogens with zero attached hydrogens (tertiary/aromatic N) is 2. The van der Waals surface area contributed by atoms with Crippen molar-refractivity contribution in [2.45, 2.75) is 25.8 Å². The smallest absolute Gasteiger partial charge is 0.221 e. The van der Waals surface area contributed by atoms with Gasteiger partial charge < -0.3 is 5.73 Å². The summed E-state index contributed by atoms with van der Waals surface area (Å²) in [4.78, 5) is 13.0. The normalized spacial score (nSPS) is 25.4. The molecule has 0 spiro atoms. The van der Waals surface area contributed by atoms with Gasteiger partial charge in [-0.15, -0.1) is 0 Å². The molecular formula is C9H15N3O. The third-order valence-corrected chi connectivity index (χ3v) is 2.63. The van der Waals surface area contributed by atoms with Gasteiger partial charge in [0.05, 0.1) is 18.4 Å². The van der Waals surface area contributed by atoms with Gasteiger partial charge in [0.1, 0.15) is 0 Å². The molecule has 2 N–H and O–H groups in total. The van der Waals surface area contributed by atoms with Gasteiger partial charge in [0.2, 0.25) is 5.91 Å². The maximum absolute atomic E-state index is 10.9. The lowest BCUT2D eigenvalue weighted by Gasteiger charge is -2.21. The zero-order chi connectivity index (χ0) is 9.84. The molecular weight excluding hydrogens is 166 g/mol. The minimum absolute atomic E-state index is 0.0128. The highest BCUT2D eigenvalue weighted by atomic mass is 16.1. The molecule has 0 aromatic heterocycles. The van der Waals surface area contributed by atoms with E-state index in [0.717, 1.165) is 19.5 Å². The fraction of sp³-hybridized carbons (Fsp3) is 0.778. The first-order chi connectivity index (χ1) is 6.15. The van der Waals surface area contributed by atoms with Crippen molar-refractivity contribution in [1.29, 1.82) is 5.26 Å². The van der Waals surface area contributed by atoms with Crippen molar-refractivity contribution in [3.05, 3.63) is 0 Å². The lowest BCUT2D eigenvalue weighted by molar-refractivity contribution is -0.121. The highest BCUT2D eigenvalue weighted by molar-refractivity contribution is 5.77. The molecule has 1 aliphatic rings. The second kappa shape index (κ2) is 4.24. The van der Waals surface area contributed by atoms with Crippen molar-refractivity contribution in [3.8, 4) is 6.07 Å². The molecule has 0 aromatic rings. The fourth-order valence-corrected chi connectivity index (χ4v) is 1.68. The number of amides is 1. The van der Waals surface area contributed by atoms with E-state index in [1.54, 1.807) is 0 Å². The number of carbonyl (C=O) groups is 1. The van der Waals surface area contributed by atoms with E-state index in [0.29, 0.717) is 6.42 Å². The number of rotatable bonds is 3. The van der Waals surface area contributed by atoms with E-state index < -0.39 is 0 Å². The molecule has 0 aliphatic carbocycles. The molecule has 1 rings (SSSR count). The van der Waals surface area contributed by atoms with Crippen LogP contribution in [0.25, 0.3) is 0 Å². The van der Waals surface area contributed by atoms with Gasteiger partial charge in [-0.3, -0.25) is 9.69 Å². The fourth-order valence-electron chi connectivity index (χ4n) is 1.68. The third-order valence-electron chi connectivity index (χ3n) is 2.63. The molecule has 0 radical (unpaired) electrons. The summed E-state index contributed by atoms with van der Waals surface area (Å²) in [7, 11) is 0. The molecule has 0 aromatic carbocycles. The number of primary amides is 1. The average Bonchev–Trinajstić information content (AvgIpc) is 2.52. The van der Waals surface area contributed by atoms with E-state index in [2.05, 4.69) is 11.0 Å². The molecule has 1 fully saturated rings. The van der Waals surface area contributed by atoms with Crippen LogP contribution in [0.5, 0.6) is 0 Å². The molecule has 1 saturated heterocycles. The van der Waals surface area contributed by atoms with Crippen LogP contribution in [0.3, 0.4) is 0 Å². The molecule has 0 saturated carbocycles. The van der Waals surface area contributed by atoms with Crippen LogP contribution in [0.15, 0.2) is 0 Å². The minimum atomic E-state index is -0.216. The van der Waals surface area contributed by atoms with E-state index in [4.69, 9.17) is 11.0 Å². The largest absolute Gasteiger partial charge is 0.369 e. The number of nitriles is 1. The summed E-state index contributed by atoms with van der Waals surface area (Å²) in [5, 5.41) is 8.50. The summed E-state index contributed by atoms with van der Waals surface area (Å²) in [6, 6.07) is 2.38. The molecule has 13 heavy (non-hydrogen) atoms. The summed E-state index contributed by atoms with van der Waals surface area (Å²) in [6.07, 6.45) is 1.36. The second-order valence-corrected chi connectivity index (χ2v) is 3.59. The number of hydrogen-bond donors (Lipinski definition) is 1. The van der Waals surface area contributed by atoms with Crippen molar-refractivity contribution < 1.29 is 4.79 Å². The quantitative estimate of drug-likeness (QED) is 0.671. The van der Waals surface area contributed by atoms with Crippen LogP contribution < -0.4 is 5.73 Å². The highest BCUT2D eigenvalue weighted by Crippen LogP contribution is 2.19. The van der Waals surface area contributed by atoms with Crippen molar-refractivity contribution >= 4 is 5.91 Å². The zero-order valence-corrected chi connectivity index (χ0v) is 7.86. The van der Waals surface area contributed by atoms with Crippen molar-refractivity contribution in [1.82, 2.24) is 4.90 Å².